The van der Waals surface area contributed by atoms with E-state index < -0.39 is 0 Å². The van der Waals surface area contributed by atoms with Crippen molar-refractivity contribution in [2.24, 2.45) is 0 Å². The molecule has 1 heterocycles. The van der Waals surface area contributed by atoms with Gasteiger partial charge in [-0.25, -0.2) is 0 Å². The van der Waals surface area contributed by atoms with Gasteiger partial charge in [-0.1, -0.05) is 30.3 Å². The molecule has 0 aromatic heterocycles. The number of carbonyl (C=O) groups is 1. The molecule has 0 bridgehead atoms. The first kappa shape index (κ1) is 17.3. The first-order valence-corrected chi connectivity index (χ1v) is 8.49. The first-order chi connectivity index (χ1) is 12.2. The van der Waals surface area contributed by atoms with Crippen molar-refractivity contribution in [1.29, 1.82) is 0 Å². The van der Waals surface area contributed by atoms with Gasteiger partial charge >= 0.3 is 0 Å². The number of hydrogen-bond acceptors (Lipinski definition) is 4. The highest BCUT2D eigenvalue weighted by Gasteiger charge is 2.21. The van der Waals surface area contributed by atoms with Crippen LogP contribution in [-0.2, 0) is 16.1 Å². The molecule has 2 aromatic carbocycles. The normalized spacial score (nSPS) is 17.2. The van der Waals surface area contributed by atoms with Gasteiger partial charge in [-0.15, -0.1) is 0 Å². The second-order valence-corrected chi connectivity index (χ2v) is 6.06. The lowest BCUT2D eigenvalue weighted by atomic mass is 10.2. The molecule has 0 saturated carbocycles. The Morgan fingerprint density at radius 2 is 1.76 bits per heavy atom. The monoisotopic (exact) mass is 341 g/mol. The van der Waals surface area contributed by atoms with Gasteiger partial charge < -0.3 is 19.1 Å². The van der Waals surface area contributed by atoms with Crippen LogP contribution in [-0.4, -0.2) is 43.2 Å². The van der Waals surface area contributed by atoms with E-state index in [1.807, 2.05) is 61.5 Å². The summed E-state index contributed by atoms with van der Waals surface area (Å²) in [5.74, 6) is 1.41. The summed E-state index contributed by atoms with van der Waals surface area (Å²) in [5.41, 5.74) is 1.12. The summed E-state index contributed by atoms with van der Waals surface area (Å²) < 4.78 is 16.8. The van der Waals surface area contributed by atoms with Gasteiger partial charge in [0.15, 0.2) is 6.61 Å². The van der Waals surface area contributed by atoms with Crippen LogP contribution in [0.15, 0.2) is 54.6 Å². The van der Waals surface area contributed by atoms with Crippen LogP contribution in [0.5, 0.6) is 11.5 Å². The average Bonchev–Trinajstić information content (AvgIpc) is 2.66. The third kappa shape index (κ3) is 5.22. The molecule has 0 spiro atoms. The molecule has 0 radical (unpaired) electrons. The molecule has 1 amide bonds. The number of rotatable bonds is 6. The van der Waals surface area contributed by atoms with Crippen molar-refractivity contribution < 1.29 is 19.0 Å². The van der Waals surface area contributed by atoms with Crippen LogP contribution in [0, 0.1) is 0 Å². The van der Waals surface area contributed by atoms with Gasteiger partial charge in [-0.2, -0.15) is 0 Å². The summed E-state index contributed by atoms with van der Waals surface area (Å²) >= 11 is 0. The molecule has 0 N–H and O–H groups in total. The second kappa shape index (κ2) is 8.53. The number of ether oxygens (including phenoxy) is 3. The summed E-state index contributed by atoms with van der Waals surface area (Å²) in [6.45, 7) is 4.35. The maximum Gasteiger partial charge on any atom is 0.260 e. The van der Waals surface area contributed by atoms with E-state index in [-0.39, 0.29) is 18.6 Å². The summed E-state index contributed by atoms with van der Waals surface area (Å²) in [4.78, 5) is 13.9. The van der Waals surface area contributed by atoms with Gasteiger partial charge in [0.25, 0.3) is 5.91 Å². The minimum atomic E-state index is -0.0143. The number of hydrogen-bond donors (Lipinski definition) is 0. The van der Waals surface area contributed by atoms with Crippen molar-refractivity contribution in [2.45, 2.75) is 19.6 Å². The zero-order chi connectivity index (χ0) is 17.5. The number of benzene rings is 2. The summed E-state index contributed by atoms with van der Waals surface area (Å²) in [6, 6.07) is 17.3. The fourth-order valence-corrected chi connectivity index (χ4v) is 2.65. The molecule has 1 aliphatic rings. The topological polar surface area (TPSA) is 48.0 Å². The maximum atomic E-state index is 12.2. The lowest BCUT2D eigenvalue weighted by Gasteiger charge is -2.31. The molecule has 2 aromatic rings. The van der Waals surface area contributed by atoms with Crippen molar-refractivity contribution in [1.82, 2.24) is 4.90 Å². The third-order valence-electron chi connectivity index (χ3n) is 4.03. The van der Waals surface area contributed by atoms with Crippen molar-refractivity contribution >= 4 is 5.91 Å². The smallest absolute Gasteiger partial charge is 0.260 e. The molecule has 1 aliphatic heterocycles. The van der Waals surface area contributed by atoms with E-state index in [1.54, 1.807) is 4.90 Å². The van der Waals surface area contributed by atoms with Crippen LogP contribution in [0.25, 0.3) is 0 Å². The molecule has 1 atom stereocenters. The van der Waals surface area contributed by atoms with Crippen molar-refractivity contribution in [3.8, 4) is 11.5 Å². The molecule has 1 unspecified atom stereocenters. The highest BCUT2D eigenvalue weighted by atomic mass is 16.5. The molecule has 25 heavy (non-hydrogen) atoms. The fourth-order valence-electron chi connectivity index (χ4n) is 2.65. The molecular weight excluding hydrogens is 318 g/mol. The lowest BCUT2D eigenvalue weighted by molar-refractivity contribution is -0.140. The summed E-state index contributed by atoms with van der Waals surface area (Å²) in [7, 11) is 0. The largest absolute Gasteiger partial charge is 0.489 e. The van der Waals surface area contributed by atoms with E-state index in [9.17, 15) is 4.79 Å². The minimum Gasteiger partial charge on any atom is -0.489 e. The molecule has 132 valence electrons. The SMILES string of the molecule is CC1CN(C(=O)COc2ccc(OCc3ccccc3)cc2)CCO1. The molecule has 1 saturated heterocycles. The van der Waals surface area contributed by atoms with Crippen molar-refractivity contribution in [3.05, 3.63) is 60.2 Å². The Kier molecular flexibility index (Phi) is 5.90. The van der Waals surface area contributed by atoms with Gasteiger partial charge in [-0.05, 0) is 36.8 Å². The van der Waals surface area contributed by atoms with Crippen LogP contribution in [0.1, 0.15) is 12.5 Å². The van der Waals surface area contributed by atoms with Crippen molar-refractivity contribution in [2.75, 3.05) is 26.3 Å². The highest BCUT2D eigenvalue weighted by molar-refractivity contribution is 5.77. The standard InChI is InChI=1S/C20H23NO4/c1-16-13-21(11-12-23-16)20(22)15-25-19-9-7-18(8-10-19)24-14-17-5-3-2-4-6-17/h2-10,16H,11-15H2,1H3. The molecule has 5 nitrogen and oxygen atoms in total. The van der Waals surface area contributed by atoms with E-state index in [0.717, 1.165) is 11.3 Å². The van der Waals surface area contributed by atoms with E-state index in [2.05, 4.69) is 0 Å². The van der Waals surface area contributed by atoms with Gasteiger partial charge in [0, 0.05) is 13.1 Å². The number of morpholine rings is 1. The van der Waals surface area contributed by atoms with Crippen LogP contribution in [0.4, 0.5) is 0 Å². The summed E-state index contributed by atoms with van der Waals surface area (Å²) in [6.07, 6.45) is 0.0822. The highest BCUT2D eigenvalue weighted by Crippen LogP contribution is 2.19. The predicted octanol–water partition coefficient (Wildman–Crippen LogP) is 2.89. The minimum absolute atomic E-state index is 0.0143. The molecular formula is C20H23NO4. The fraction of sp³-hybridized carbons (Fsp3) is 0.350. The third-order valence-corrected chi connectivity index (χ3v) is 4.03. The number of amides is 1. The molecule has 1 fully saturated rings. The first-order valence-electron chi connectivity index (χ1n) is 8.49. The molecule has 5 heteroatoms. The summed E-state index contributed by atoms with van der Waals surface area (Å²) in [5, 5.41) is 0. The van der Waals surface area contributed by atoms with E-state index in [4.69, 9.17) is 14.2 Å². The Labute approximate surface area is 148 Å². The Morgan fingerprint density at radius 1 is 1.08 bits per heavy atom. The number of nitrogens with zero attached hydrogens (tertiary/aromatic N) is 1. The van der Waals surface area contributed by atoms with Gasteiger partial charge in [0.2, 0.25) is 0 Å². The van der Waals surface area contributed by atoms with Gasteiger partial charge in [-0.3, -0.25) is 4.79 Å². The lowest BCUT2D eigenvalue weighted by Crippen LogP contribution is -2.46. The zero-order valence-corrected chi connectivity index (χ0v) is 14.4. The van der Waals surface area contributed by atoms with Gasteiger partial charge in [0.05, 0.1) is 12.7 Å². The van der Waals surface area contributed by atoms with Crippen LogP contribution >= 0.6 is 0 Å². The quantitative estimate of drug-likeness (QED) is 0.811. The van der Waals surface area contributed by atoms with Crippen LogP contribution in [0.3, 0.4) is 0 Å². The zero-order valence-electron chi connectivity index (χ0n) is 14.4. The molecule has 0 aliphatic carbocycles. The Bertz CT molecular complexity index is 672. The van der Waals surface area contributed by atoms with Crippen LogP contribution < -0.4 is 9.47 Å². The Hall–Kier alpha value is -2.53. The Morgan fingerprint density at radius 3 is 2.44 bits per heavy atom. The van der Waals surface area contributed by atoms with Crippen molar-refractivity contribution in [3.63, 3.8) is 0 Å². The second-order valence-electron chi connectivity index (χ2n) is 6.06. The number of carbonyl (C=O) groups excluding carboxylic acids is 1. The van der Waals surface area contributed by atoms with E-state index in [1.165, 1.54) is 0 Å². The Balaban J connectivity index is 1.45. The van der Waals surface area contributed by atoms with E-state index >= 15 is 0 Å². The van der Waals surface area contributed by atoms with E-state index in [0.29, 0.717) is 32.1 Å². The van der Waals surface area contributed by atoms with Gasteiger partial charge in [0.1, 0.15) is 18.1 Å². The predicted molar refractivity (Wildman–Crippen MR) is 94.7 cm³/mol. The molecule has 3 rings (SSSR count). The average molecular weight is 341 g/mol. The van der Waals surface area contributed by atoms with Crippen LogP contribution in [0.2, 0.25) is 0 Å². The maximum absolute atomic E-state index is 12.2.